The van der Waals surface area contributed by atoms with Crippen LogP contribution in [0.5, 0.6) is 0 Å². The van der Waals surface area contributed by atoms with Gasteiger partial charge >= 0.3 is 0 Å². The van der Waals surface area contributed by atoms with Crippen molar-refractivity contribution in [1.29, 1.82) is 0 Å². The van der Waals surface area contributed by atoms with E-state index in [9.17, 15) is 9.59 Å². The van der Waals surface area contributed by atoms with Crippen LogP contribution in [0.4, 0.5) is 0 Å². The molecule has 98 valence electrons. The second-order valence-electron chi connectivity index (χ2n) is 4.65. The number of nitrogens with one attached hydrogen (secondary N) is 3. The summed E-state index contributed by atoms with van der Waals surface area (Å²) in [4.78, 5) is 22.4. The van der Waals surface area contributed by atoms with E-state index in [0.29, 0.717) is 19.1 Å². The molecule has 1 saturated carbocycles. The molecule has 0 heterocycles. The van der Waals surface area contributed by atoms with E-state index in [2.05, 4.69) is 16.0 Å². The Balaban J connectivity index is 2.11. The van der Waals surface area contributed by atoms with Crippen LogP contribution in [0.2, 0.25) is 0 Å². The Morgan fingerprint density at radius 2 is 1.88 bits per heavy atom. The second-order valence-corrected chi connectivity index (χ2v) is 4.65. The normalized spacial score (nSPS) is 17.8. The lowest BCUT2D eigenvalue weighted by atomic mass is 10.2. The molecule has 0 bridgehead atoms. The maximum atomic E-state index is 11.8. The molecule has 17 heavy (non-hydrogen) atoms. The number of carbonyl (C=O) groups excluding carboxylic acids is 2. The van der Waals surface area contributed by atoms with Crippen LogP contribution in [0.15, 0.2) is 0 Å². The molecule has 0 aromatic carbocycles. The zero-order chi connectivity index (χ0) is 12.7. The second kappa shape index (κ2) is 7.27. The smallest absolute Gasteiger partial charge is 0.237 e. The highest BCUT2D eigenvalue weighted by molar-refractivity contribution is 5.81. The van der Waals surface area contributed by atoms with E-state index in [4.69, 9.17) is 0 Å². The number of amides is 2. The topological polar surface area (TPSA) is 70.2 Å². The lowest BCUT2D eigenvalue weighted by Crippen LogP contribution is -2.47. The fraction of sp³-hybridized carbons (Fsp3) is 0.833. The van der Waals surface area contributed by atoms with Gasteiger partial charge in [0.05, 0.1) is 6.04 Å². The van der Waals surface area contributed by atoms with E-state index >= 15 is 0 Å². The Hall–Kier alpha value is -1.10. The van der Waals surface area contributed by atoms with Crippen molar-refractivity contribution in [2.75, 3.05) is 13.1 Å². The van der Waals surface area contributed by atoms with Crippen LogP contribution in [-0.4, -0.2) is 37.0 Å². The van der Waals surface area contributed by atoms with Gasteiger partial charge in [-0.2, -0.15) is 0 Å². The van der Waals surface area contributed by atoms with Crippen molar-refractivity contribution in [3.63, 3.8) is 0 Å². The molecule has 1 atom stereocenters. The first kappa shape index (κ1) is 14.0. The van der Waals surface area contributed by atoms with Crippen molar-refractivity contribution in [1.82, 2.24) is 16.0 Å². The zero-order valence-corrected chi connectivity index (χ0v) is 10.7. The summed E-state index contributed by atoms with van der Waals surface area (Å²) in [5.74, 6) is 0.00888. The summed E-state index contributed by atoms with van der Waals surface area (Å²) in [5.41, 5.74) is 0. The molecule has 0 aliphatic heterocycles. The van der Waals surface area contributed by atoms with E-state index in [1.54, 1.807) is 0 Å². The first-order valence-corrected chi connectivity index (χ1v) is 6.38. The van der Waals surface area contributed by atoms with Crippen molar-refractivity contribution in [3.8, 4) is 0 Å². The fourth-order valence-electron chi connectivity index (χ4n) is 2.02. The summed E-state index contributed by atoms with van der Waals surface area (Å²) in [7, 11) is 0. The van der Waals surface area contributed by atoms with Gasteiger partial charge in [-0.05, 0) is 19.8 Å². The largest absolute Gasteiger partial charge is 0.355 e. The molecule has 0 aromatic heterocycles. The van der Waals surface area contributed by atoms with Gasteiger partial charge in [-0.1, -0.05) is 12.8 Å². The SMILES string of the molecule is CC(=O)NCCNC(C)C(=O)NC1CCCC1. The van der Waals surface area contributed by atoms with Crippen LogP contribution in [0.1, 0.15) is 39.5 Å². The van der Waals surface area contributed by atoms with E-state index in [1.807, 2.05) is 6.92 Å². The van der Waals surface area contributed by atoms with E-state index in [0.717, 1.165) is 12.8 Å². The van der Waals surface area contributed by atoms with Gasteiger partial charge in [0.2, 0.25) is 11.8 Å². The van der Waals surface area contributed by atoms with Gasteiger partial charge < -0.3 is 16.0 Å². The molecule has 5 nitrogen and oxygen atoms in total. The lowest BCUT2D eigenvalue weighted by Gasteiger charge is -2.17. The summed E-state index contributed by atoms with van der Waals surface area (Å²) in [6.07, 6.45) is 4.64. The van der Waals surface area contributed by atoms with Crippen LogP contribution < -0.4 is 16.0 Å². The van der Waals surface area contributed by atoms with E-state index in [1.165, 1.54) is 19.8 Å². The highest BCUT2D eigenvalue weighted by Gasteiger charge is 2.19. The predicted molar refractivity (Wildman–Crippen MR) is 66.5 cm³/mol. The molecule has 1 fully saturated rings. The van der Waals surface area contributed by atoms with Gasteiger partial charge in [-0.25, -0.2) is 0 Å². The molecule has 1 aliphatic carbocycles. The molecule has 5 heteroatoms. The van der Waals surface area contributed by atoms with Crippen LogP contribution >= 0.6 is 0 Å². The highest BCUT2D eigenvalue weighted by Crippen LogP contribution is 2.17. The standard InChI is InChI=1S/C12H23N3O2/c1-9(13-7-8-14-10(2)16)12(17)15-11-5-3-4-6-11/h9,11,13H,3-8H2,1-2H3,(H,14,16)(H,15,17). The van der Waals surface area contributed by atoms with E-state index in [-0.39, 0.29) is 17.9 Å². The van der Waals surface area contributed by atoms with Crippen molar-refractivity contribution in [3.05, 3.63) is 0 Å². The minimum atomic E-state index is -0.204. The average Bonchev–Trinajstić information content (AvgIpc) is 2.76. The van der Waals surface area contributed by atoms with Gasteiger partial charge in [0, 0.05) is 26.1 Å². The molecular formula is C12H23N3O2. The summed E-state index contributed by atoms with van der Waals surface area (Å²) >= 11 is 0. The van der Waals surface area contributed by atoms with Crippen molar-refractivity contribution in [2.45, 2.75) is 51.6 Å². The fourth-order valence-corrected chi connectivity index (χ4v) is 2.02. The van der Waals surface area contributed by atoms with Crippen molar-refractivity contribution < 1.29 is 9.59 Å². The highest BCUT2D eigenvalue weighted by atomic mass is 16.2. The molecule has 1 rings (SSSR count). The number of hydrogen-bond donors (Lipinski definition) is 3. The van der Waals surface area contributed by atoms with Gasteiger partial charge in [-0.3, -0.25) is 9.59 Å². The first-order chi connectivity index (χ1) is 8.09. The third-order valence-electron chi connectivity index (χ3n) is 3.04. The third kappa shape index (κ3) is 5.68. The Morgan fingerprint density at radius 1 is 1.24 bits per heavy atom. The van der Waals surface area contributed by atoms with Gasteiger partial charge in [0.15, 0.2) is 0 Å². The quantitative estimate of drug-likeness (QED) is 0.580. The van der Waals surface area contributed by atoms with Crippen LogP contribution in [0, 0.1) is 0 Å². The molecule has 0 aromatic rings. The maximum Gasteiger partial charge on any atom is 0.237 e. The number of carbonyl (C=O) groups is 2. The Bertz CT molecular complexity index is 262. The minimum absolute atomic E-state index is 0.0464. The van der Waals surface area contributed by atoms with E-state index < -0.39 is 0 Å². The summed E-state index contributed by atoms with van der Waals surface area (Å²) in [6, 6.07) is 0.159. The Kier molecular flexibility index (Phi) is 5.97. The molecule has 2 amide bonds. The molecule has 3 N–H and O–H groups in total. The lowest BCUT2D eigenvalue weighted by molar-refractivity contribution is -0.123. The van der Waals surface area contributed by atoms with Gasteiger partial charge in [0.1, 0.15) is 0 Å². The van der Waals surface area contributed by atoms with Gasteiger partial charge in [-0.15, -0.1) is 0 Å². The Morgan fingerprint density at radius 3 is 2.47 bits per heavy atom. The number of rotatable bonds is 6. The third-order valence-corrected chi connectivity index (χ3v) is 3.04. The molecule has 0 saturated heterocycles. The molecular weight excluding hydrogens is 218 g/mol. The summed E-state index contributed by atoms with van der Waals surface area (Å²) < 4.78 is 0. The van der Waals surface area contributed by atoms with Crippen molar-refractivity contribution >= 4 is 11.8 Å². The zero-order valence-electron chi connectivity index (χ0n) is 10.7. The first-order valence-electron chi connectivity index (χ1n) is 6.38. The van der Waals surface area contributed by atoms with Crippen LogP contribution in [0.3, 0.4) is 0 Å². The minimum Gasteiger partial charge on any atom is -0.355 e. The summed E-state index contributed by atoms with van der Waals surface area (Å²) in [6.45, 7) is 4.49. The molecule has 1 aliphatic rings. The average molecular weight is 241 g/mol. The summed E-state index contributed by atoms with van der Waals surface area (Å²) in [5, 5.41) is 8.80. The van der Waals surface area contributed by atoms with Crippen LogP contribution in [0.25, 0.3) is 0 Å². The molecule has 0 spiro atoms. The van der Waals surface area contributed by atoms with Gasteiger partial charge in [0.25, 0.3) is 0 Å². The maximum absolute atomic E-state index is 11.8. The predicted octanol–water partition coefficient (Wildman–Crippen LogP) is 0.159. The number of hydrogen-bond acceptors (Lipinski definition) is 3. The molecule has 1 unspecified atom stereocenters. The van der Waals surface area contributed by atoms with Crippen molar-refractivity contribution in [2.24, 2.45) is 0 Å². The monoisotopic (exact) mass is 241 g/mol. The van der Waals surface area contributed by atoms with Crippen LogP contribution in [-0.2, 0) is 9.59 Å². The molecule has 0 radical (unpaired) electrons. The Labute approximate surface area is 103 Å².